The van der Waals surface area contributed by atoms with Gasteiger partial charge in [-0.1, -0.05) is 29.3 Å². The Bertz CT molecular complexity index is 608. The summed E-state index contributed by atoms with van der Waals surface area (Å²) in [6.07, 6.45) is 0.763. The fraction of sp³-hybridized carbons (Fsp3) is 0.286. The van der Waals surface area contributed by atoms with Crippen LogP contribution in [-0.2, 0) is 0 Å². The van der Waals surface area contributed by atoms with Gasteiger partial charge in [-0.3, -0.25) is 0 Å². The van der Waals surface area contributed by atoms with Crippen LogP contribution >= 0.6 is 38.9 Å². The number of hydrogen-bond donors (Lipinski definition) is 1. The molecule has 1 aromatic heterocycles. The van der Waals surface area contributed by atoms with Gasteiger partial charge >= 0.3 is 0 Å². The second kappa shape index (κ2) is 5.09. The SMILES string of the molecule is Cc1ccc2c(c1)[C@@H](N)CC(c1cc(Br)c(Cl)s1)O2. The minimum atomic E-state index is -0.0148. The lowest BCUT2D eigenvalue weighted by molar-refractivity contribution is 0.165. The molecule has 0 spiro atoms. The molecule has 1 aliphatic rings. The van der Waals surface area contributed by atoms with Gasteiger partial charge in [-0.15, -0.1) is 11.3 Å². The third-order valence-electron chi connectivity index (χ3n) is 3.28. The van der Waals surface area contributed by atoms with Crippen LogP contribution in [0.3, 0.4) is 0 Å². The first-order chi connectivity index (χ1) is 9.04. The summed E-state index contributed by atoms with van der Waals surface area (Å²) in [5.74, 6) is 0.884. The summed E-state index contributed by atoms with van der Waals surface area (Å²) in [6, 6.07) is 8.18. The largest absolute Gasteiger partial charge is 0.484 e. The molecule has 0 fully saturated rings. The normalized spacial score (nSPS) is 21.9. The second-order valence-electron chi connectivity index (χ2n) is 4.76. The smallest absolute Gasteiger partial charge is 0.135 e. The van der Waals surface area contributed by atoms with E-state index in [9.17, 15) is 0 Å². The molecule has 0 saturated heterocycles. The topological polar surface area (TPSA) is 35.2 Å². The summed E-state index contributed by atoms with van der Waals surface area (Å²) >= 11 is 11.1. The molecule has 0 amide bonds. The third-order valence-corrected chi connectivity index (χ3v) is 5.85. The Labute approximate surface area is 129 Å². The van der Waals surface area contributed by atoms with E-state index in [0.717, 1.165) is 31.4 Å². The van der Waals surface area contributed by atoms with E-state index in [0.29, 0.717) is 0 Å². The van der Waals surface area contributed by atoms with Crippen LogP contribution in [0.15, 0.2) is 28.7 Å². The van der Waals surface area contributed by atoms with Crippen LogP contribution < -0.4 is 10.5 Å². The molecule has 2 heterocycles. The zero-order valence-electron chi connectivity index (χ0n) is 10.3. The summed E-state index contributed by atoms with van der Waals surface area (Å²) in [5, 5.41) is 0. The molecule has 2 atom stereocenters. The lowest BCUT2D eigenvalue weighted by atomic mass is 9.95. The predicted octanol–water partition coefficient (Wildman–Crippen LogP) is 5.00. The Morgan fingerprint density at radius 2 is 2.21 bits per heavy atom. The molecule has 2 nitrogen and oxygen atoms in total. The average Bonchev–Trinajstić information content (AvgIpc) is 2.70. The molecule has 0 aliphatic carbocycles. The standard InChI is InChI=1S/C14H13BrClNOS/c1-7-2-3-11-8(4-7)10(17)6-12(18-11)13-5-9(15)14(16)19-13/h2-5,10,12H,6,17H2,1H3/t10-,12?/m0/s1. The number of thiophene rings is 1. The summed E-state index contributed by atoms with van der Waals surface area (Å²) < 4.78 is 7.73. The quantitative estimate of drug-likeness (QED) is 0.779. The fourth-order valence-corrected chi connectivity index (χ4v) is 4.10. The molecule has 5 heteroatoms. The van der Waals surface area contributed by atoms with Gasteiger partial charge in [0.2, 0.25) is 0 Å². The molecular formula is C14H13BrClNOS. The van der Waals surface area contributed by atoms with Gasteiger partial charge in [0, 0.05) is 27.4 Å². The van der Waals surface area contributed by atoms with Crippen molar-refractivity contribution in [3.63, 3.8) is 0 Å². The Morgan fingerprint density at radius 1 is 1.42 bits per heavy atom. The number of halogens is 2. The van der Waals surface area contributed by atoms with Gasteiger partial charge < -0.3 is 10.5 Å². The van der Waals surface area contributed by atoms with Crippen LogP contribution in [0.4, 0.5) is 0 Å². The van der Waals surface area contributed by atoms with Gasteiger partial charge in [-0.25, -0.2) is 0 Å². The molecule has 100 valence electrons. The molecular weight excluding hydrogens is 346 g/mol. The van der Waals surface area contributed by atoms with E-state index in [2.05, 4.69) is 28.9 Å². The van der Waals surface area contributed by atoms with Crippen molar-refractivity contribution in [1.82, 2.24) is 0 Å². The van der Waals surface area contributed by atoms with E-state index in [1.54, 1.807) is 0 Å². The van der Waals surface area contributed by atoms with Gasteiger partial charge in [0.05, 0.1) is 0 Å². The molecule has 1 aliphatic heterocycles. The molecule has 2 aromatic rings. The predicted molar refractivity (Wildman–Crippen MR) is 83.1 cm³/mol. The highest BCUT2D eigenvalue weighted by atomic mass is 79.9. The van der Waals surface area contributed by atoms with Crippen LogP contribution in [-0.4, -0.2) is 0 Å². The minimum Gasteiger partial charge on any atom is -0.484 e. The Kier molecular flexibility index (Phi) is 3.60. The Balaban J connectivity index is 1.94. The maximum Gasteiger partial charge on any atom is 0.135 e. The van der Waals surface area contributed by atoms with Crippen molar-refractivity contribution in [3.05, 3.63) is 49.1 Å². The molecule has 2 N–H and O–H groups in total. The van der Waals surface area contributed by atoms with Crippen LogP contribution in [0.2, 0.25) is 4.34 Å². The first-order valence-electron chi connectivity index (χ1n) is 6.02. The van der Waals surface area contributed by atoms with Crippen molar-refractivity contribution in [2.75, 3.05) is 0 Å². The van der Waals surface area contributed by atoms with Gasteiger partial charge in [-0.05, 0) is 35.0 Å². The van der Waals surface area contributed by atoms with Crippen molar-refractivity contribution in [2.45, 2.75) is 25.5 Å². The third kappa shape index (κ3) is 2.55. The number of fused-ring (bicyclic) bond motifs is 1. The van der Waals surface area contributed by atoms with Crippen LogP contribution in [0.5, 0.6) is 5.75 Å². The van der Waals surface area contributed by atoms with Crippen LogP contribution in [0.25, 0.3) is 0 Å². The highest BCUT2D eigenvalue weighted by Crippen LogP contribution is 2.44. The van der Waals surface area contributed by atoms with E-state index in [1.807, 2.05) is 18.2 Å². The van der Waals surface area contributed by atoms with Crippen molar-refractivity contribution in [1.29, 1.82) is 0 Å². The van der Waals surface area contributed by atoms with Gasteiger partial charge in [0.15, 0.2) is 0 Å². The van der Waals surface area contributed by atoms with E-state index in [4.69, 9.17) is 22.1 Å². The first kappa shape index (κ1) is 13.4. The van der Waals surface area contributed by atoms with E-state index in [1.165, 1.54) is 16.9 Å². The zero-order valence-corrected chi connectivity index (χ0v) is 13.5. The molecule has 1 unspecified atom stereocenters. The van der Waals surface area contributed by atoms with Crippen LogP contribution in [0.1, 0.15) is 34.6 Å². The van der Waals surface area contributed by atoms with Crippen molar-refractivity contribution >= 4 is 38.9 Å². The van der Waals surface area contributed by atoms with Crippen molar-refractivity contribution in [2.24, 2.45) is 5.73 Å². The molecule has 0 saturated carbocycles. The minimum absolute atomic E-state index is 0.00769. The maximum atomic E-state index is 6.27. The zero-order chi connectivity index (χ0) is 13.6. The number of rotatable bonds is 1. The Hall–Kier alpha value is -0.550. The first-order valence-corrected chi connectivity index (χ1v) is 8.01. The highest BCUT2D eigenvalue weighted by molar-refractivity contribution is 9.10. The number of benzene rings is 1. The number of hydrogen-bond acceptors (Lipinski definition) is 3. The van der Waals surface area contributed by atoms with E-state index < -0.39 is 0 Å². The monoisotopic (exact) mass is 357 g/mol. The highest BCUT2D eigenvalue weighted by Gasteiger charge is 2.28. The number of ether oxygens (including phenoxy) is 1. The molecule has 0 bridgehead atoms. The summed E-state index contributed by atoms with van der Waals surface area (Å²) in [5.41, 5.74) is 8.57. The molecule has 1 aromatic carbocycles. The fourth-order valence-electron chi connectivity index (χ4n) is 2.32. The second-order valence-corrected chi connectivity index (χ2v) is 7.30. The maximum absolute atomic E-state index is 6.27. The number of nitrogens with two attached hydrogens (primary N) is 1. The van der Waals surface area contributed by atoms with Crippen molar-refractivity contribution in [3.8, 4) is 5.75 Å². The molecule has 19 heavy (non-hydrogen) atoms. The molecule has 0 radical (unpaired) electrons. The Morgan fingerprint density at radius 3 is 2.89 bits per heavy atom. The number of aryl methyl sites for hydroxylation is 1. The summed E-state index contributed by atoms with van der Waals surface area (Å²) in [7, 11) is 0. The summed E-state index contributed by atoms with van der Waals surface area (Å²) in [6.45, 7) is 2.06. The lowest BCUT2D eigenvalue weighted by Crippen LogP contribution is -2.23. The van der Waals surface area contributed by atoms with E-state index in [-0.39, 0.29) is 12.1 Å². The van der Waals surface area contributed by atoms with Gasteiger partial charge in [-0.2, -0.15) is 0 Å². The molecule has 3 rings (SSSR count). The average molecular weight is 359 g/mol. The summed E-state index contributed by atoms with van der Waals surface area (Å²) in [4.78, 5) is 1.11. The van der Waals surface area contributed by atoms with Gasteiger partial charge in [0.1, 0.15) is 16.2 Å². The lowest BCUT2D eigenvalue weighted by Gasteiger charge is -2.30. The van der Waals surface area contributed by atoms with Gasteiger partial charge in [0.25, 0.3) is 0 Å². The van der Waals surface area contributed by atoms with Crippen LogP contribution in [0, 0.1) is 6.92 Å². The van der Waals surface area contributed by atoms with Crippen molar-refractivity contribution < 1.29 is 4.74 Å². The van der Waals surface area contributed by atoms with E-state index >= 15 is 0 Å².